The smallest absolute Gasteiger partial charge is 0.225 e. The second-order valence-corrected chi connectivity index (χ2v) is 9.91. The van der Waals surface area contributed by atoms with Crippen LogP contribution in [-0.4, -0.2) is 59.6 Å². The molecule has 1 saturated heterocycles. The van der Waals surface area contributed by atoms with E-state index in [4.69, 9.17) is 0 Å². The molecule has 1 unspecified atom stereocenters. The Labute approximate surface area is 173 Å². The molecule has 1 amide bonds. The molecule has 1 aromatic carbocycles. The van der Waals surface area contributed by atoms with E-state index >= 15 is 0 Å². The summed E-state index contributed by atoms with van der Waals surface area (Å²) in [5.41, 5.74) is 3.34. The molecule has 8 heteroatoms. The number of anilines is 1. The molecule has 158 valence electrons. The van der Waals surface area contributed by atoms with Crippen molar-refractivity contribution >= 4 is 21.4 Å². The van der Waals surface area contributed by atoms with Gasteiger partial charge in [0.15, 0.2) is 9.84 Å². The lowest BCUT2D eigenvalue weighted by atomic mass is 10.2. The Morgan fingerprint density at radius 3 is 2.59 bits per heavy atom. The van der Waals surface area contributed by atoms with Gasteiger partial charge in [-0.15, -0.1) is 0 Å². The zero-order valence-electron chi connectivity index (χ0n) is 17.4. The molecular weight excluding hydrogens is 388 g/mol. The van der Waals surface area contributed by atoms with E-state index in [2.05, 4.69) is 22.2 Å². The van der Waals surface area contributed by atoms with Gasteiger partial charge in [0, 0.05) is 19.0 Å². The predicted octanol–water partition coefficient (Wildman–Crippen LogP) is 2.72. The van der Waals surface area contributed by atoms with Crippen molar-refractivity contribution in [3.63, 3.8) is 0 Å². The van der Waals surface area contributed by atoms with Crippen LogP contribution in [0.3, 0.4) is 0 Å². The van der Waals surface area contributed by atoms with Crippen LogP contribution in [0.5, 0.6) is 0 Å². The summed E-state index contributed by atoms with van der Waals surface area (Å²) >= 11 is 0. The zero-order chi connectivity index (χ0) is 21.0. The molecular formula is C21H30N4O3S. The van der Waals surface area contributed by atoms with E-state index < -0.39 is 9.84 Å². The van der Waals surface area contributed by atoms with Crippen LogP contribution in [0, 0.1) is 13.8 Å². The molecule has 2 aromatic rings. The predicted molar refractivity (Wildman–Crippen MR) is 115 cm³/mol. The molecule has 1 N–H and O–H groups in total. The molecule has 1 aliphatic rings. The van der Waals surface area contributed by atoms with Crippen molar-refractivity contribution in [2.45, 2.75) is 46.1 Å². The van der Waals surface area contributed by atoms with Crippen LogP contribution >= 0.6 is 0 Å². The van der Waals surface area contributed by atoms with E-state index in [1.807, 2.05) is 48.9 Å². The molecule has 1 fully saturated rings. The largest absolute Gasteiger partial charge is 0.323 e. The lowest BCUT2D eigenvalue weighted by molar-refractivity contribution is -0.116. The average Bonchev–Trinajstić information content (AvgIpc) is 3.19. The summed E-state index contributed by atoms with van der Waals surface area (Å²) < 4.78 is 25.4. The third-order valence-electron chi connectivity index (χ3n) is 5.42. The Kier molecular flexibility index (Phi) is 6.74. The van der Waals surface area contributed by atoms with E-state index in [0.717, 1.165) is 35.7 Å². The van der Waals surface area contributed by atoms with Gasteiger partial charge in [0.05, 0.1) is 34.3 Å². The summed E-state index contributed by atoms with van der Waals surface area (Å²) in [6, 6.07) is 9.84. The molecule has 2 heterocycles. The fourth-order valence-electron chi connectivity index (χ4n) is 3.92. The minimum absolute atomic E-state index is 0.0250. The van der Waals surface area contributed by atoms with Gasteiger partial charge >= 0.3 is 0 Å². The number of carbonyl (C=O) groups excluding carboxylic acids is 1. The van der Waals surface area contributed by atoms with E-state index in [-0.39, 0.29) is 23.5 Å². The molecule has 0 radical (unpaired) electrons. The topological polar surface area (TPSA) is 84.3 Å². The summed E-state index contributed by atoms with van der Waals surface area (Å²) in [6.07, 6.45) is 1.91. The highest BCUT2D eigenvalue weighted by molar-refractivity contribution is 7.91. The van der Waals surface area contributed by atoms with Crippen molar-refractivity contribution in [1.29, 1.82) is 0 Å². The van der Waals surface area contributed by atoms with Crippen LogP contribution in [0.15, 0.2) is 30.3 Å². The summed E-state index contributed by atoms with van der Waals surface area (Å²) in [7, 11) is -2.93. The number of nitrogens with zero attached hydrogens (tertiary/aromatic N) is 3. The third kappa shape index (κ3) is 5.25. The maximum Gasteiger partial charge on any atom is 0.225 e. The summed E-state index contributed by atoms with van der Waals surface area (Å²) in [5, 5.41) is 7.57. The summed E-state index contributed by atoms with van der Waals surface area (Å²) in [4.78, 5) is 14.8. The third-order valence-corrected chi connectivity index (χ3v) is 7.17. The van der Waals surface area contributed by atoms with Crippen molar-refractivity contribution in [3.05, 3.63) is 41.7 Å². The van der Waals surface area contributed by atoms with E-state index in [0.29, 0.717) is 19.4 Å². The van der Waals surface area contributed by atoms with Gasteiger partial charge in [-0.1, -0.05) is 25.1 Å². The maximum atomic E-state index is 12.6. The first kappa shape index (κ1) is 21.5. The monoisotopic (exact) mass is 418 g/mol. The quantitative estimate of drug-likeness (QED) is 0.713. The van der Waals surface area contributed by atoms with E-state index in [1.54, 1.807) is 0 Å². The first-order valence-electron chi connectivity index (χ1n) is 10.2. The van der Waals surface area contributed by atoms with Gasteiger partial charge in [0.2, 0.25) is 5.91 Å². The second kappa shape index (κ2) is 9.09. The Hall–Kier alpha value is -2.19. The molecule has 1 aliphatic heterocycles. The molecule has 0 spiro atoms. The van der Waals surface area contributed by atoms with Crippen LogP contribution in [0.1, 0.15) is 37.6 Å². The van der Waals surface area contributed by atoms with E-state index in [9.17, 15) is 13.2 Å². The first-order valence-corrected chi connectivity index (χ1v) is 12.0. The first-order chi connectivity index (χ1) is 13.8. The standard InChI is InChI=1S/C21H30N4O3S/c1-4-12-24(19-11-14-29(27,28)15-19)13-10-20(26)22-21-16(2)23-25(17(21)3)18-8-6-5-7-9-18/h5-9,19H,4,10-15H2,1-3H3,(H,22,26). The van der Waals surface area contributed by atoms with Gasteiger partial charge in [-0.05, 0) is 45.4 Å². The molecule has 29 heavy (non-hydrogen) atoms. The molecule has 0 aliphatic carbocycles. The van der Waals surface area contributed by atoms with Crippen molar-refractivity contribution in [3.8, 4) is 5.69 Å². The Balaban J connectivity index is 1.64. The van der Waals surface area contributed by atoms with Gasteiger partial charge in [-0.2, -0.15) is 5.10 Å². The number of nitrogens with one attached hydrogen (secondary N) is 1. The van der Waals surface area contributed by atoms with Crippen molar-refractivity contribution in [2.75, 3.05) is 29.9 Å². The minimum atomic E-state index is -2.93. The second-order valence-electron chi connectivity index (χ2n) is 7.68. The van der Waals surface area contributed by atoms with Crippen LogP contribution in [0.4, 0.5) is 5.69 Å². The fraction of sp³-hybridized carbons (Fsp3) is 0.524. The number of aromatic nitrogens is 2. The zero-order valence-corrected chi connectivity index (χ0v) is 18.2. The van der Waals surface area contributed by atoms with Crippen LogP contribution in [0.2, 0.25) is 0 Å². The Morgan fingerprint density at radius 1 is 1.24 bits per heavy atom. The van der Waals surface area contributed by atoms with Crippen molar-refractivity contribution in [2.24, 2.45) is 0 Å². The fourth-order valence-corrected chi connectivity index (χ4v) is 5.68. The van der Waals surface area contributed by atoms with Gasteiger partial charge < -0.3 is 5.32 Å². The molecule has 1 atom stereocenters. The lowest BCUT2D eigenvalue weighted by Crippen LogP contribution is -2.38. The number of aryl methyl sites for hydroxylation is 1. The van der Waals surface area contributed by atoms with Crippen molar-refractivity contribution < 1.29 is 13.2 Å². The summed E-state index contributed by atoms with van der Waals surface area (Å²) in [5.74, 6) is 0.378. The molecule has 3 rings (SSSR count). The highest BCUT2D eigenvalue weighted by Gasteiger charge is 2.32. The van der Waals surface area contributed by atoms with Gasteiger partial charge in [0.1, 0.15) is 0 Å². The molecule has 1 aromatic heterocycles. The number of amides is 1. The van der Waals surface area contributed by atoms with Crippen LogP contribution < -0.4 is 5.32 Å². The number of benzene rings is 1. The SMILES string of the molecule is CCCN(CCC(=O)Nc1c(C)nn(-c2ccccc2)c1C)C1CCS(=O)(=O)C1. The van der Waals surface area contributed by atoms with Crippen LogP contribution in [-0.2, 0) is 14.6 Å². The van der Waals surface area contributed by atoms with Gasteiger partial charge in [-0.3, -0.25) is 9.69 Å². The molecule has 0 bridgehead atoms. The minimum Gasteiger partial charge on any atom is -0.323 e. The number of hydrogen-bond acceptors (Lipinski definition) is 5. The lowest BCUT2D eigenvalue weighted by Gasteiger charge is -2.27. The average molecular weight is 419 g/mol. The number of rotatable bonds is 8. The number of hydrogen-bond donors (Lipinski definition) is 1. The Bertz CT molecular complexity index is 954. The normalized spacial score (nSPS) is 18.3. The van der Waals surface area contributed by atoms with Crippen molar-refractivity contribution in [1.82, 2.24) is 14.7 Å². The van der Waals surface area contributed by atoms with Gasteiger partial charge in [0.25, 0.3) is 0 Å². The highest BCUT2D eigenvalue weighted by Crippen LogP contribution is 2.23. The van der Waals surface area contributed by atoms with E-state index in [1.165, 1.54) is 0 Å². The van der Waals surface area contributed by atoms with Gasteiger partial charge in [-0.25, -0.2) is 13.1 Å². The summed E-state index contributed by atoms with van der Waals surface area (Å²) in [6.45, 7) is 7.26. The molecule has 0 saturated carbocycles. The highest BCUT2D eigenvalue weighted by atomic mass is 32.2. The molecule has 7 nitrogen and oxygen atoms in total. The number of para-hydroxylation sites is 1. The number of sulfone groups is 1. The Morgan fingerprint density at radius 2 is 1.97 bits per heavy atom. The number of carbonyl (C=O) groups is 1. The maximum absolute atomic E-state index is 12.6. The van der Waals surface area contributed by atoms with Crippen LogP contribution in [0.25, 0.3) is 5.69 Å².